The predicted octanol–water partition coefficient (Wildman–Crippen LogP) is 2.25. The van der Waals surface area contributed by atoms with Crippen LogP contribution >= 0.6 is 0 Å². The van der Waals surface area contributed by atoms with Gasteiger partial charge in [0, 0.05) is 44.7 Å². The smallest absolute Gasteiger partial charge is 0.252 e. The van der Waals surface area contributed by atoms with Crippen LogP contribution in [0, 0.1) is 0 Å². The number of hydrogen-bond acceptors (Lipinski definition) is 5. The number of nitrogens with one attached hydrogen (secondary N) is 1. The molecular formula is C19H27N3O3. The van der Waals surface area contributed by atoms with Gasteiger partial charge in [-0.15, -0.1) is 0 Å². The van der Waals surface area contributed by atoms with Crippen LogP contribution in [-0.2, 0) is 14.3 Å². The first-order valence-corrected chi connectivity index (χ1v) is 9.14. The van der Waals surface area contributed by atoms with Crippen molar-refractivity contribution < 1.29 is 14.3 Å². The topological polar surface area (TPSA) is 61.9 Å². The molecule has 6 heteroatoms. The maximum absolute atomic E-state index is 12.4. The lowest BCUT2D eigenvalue weighted by atomic mass is 10.1. The van der Waals surface area contributed by atoms with Crippen molar-refractivity contribution in [3.05, 3.63) is 24.3 Å². The highest BCUT2D eigenvalue weighted by atomic mass is 16.5. The fourth-order valence-electron chi connectivity index (χ4n) is 3.52. The lowest BCUT2D eigenvalue weighted by Gasteiger charge is -2.29. The molecule has 25 heavy (non-hydrogen) atoms. The maximum atomic E-state index is 12.4. The minimum Gasteiger partial charge on any atom is -0.385 e. The van der Waals surface area contributed by atoms with Gasteiger partial charge in [-0.05, 0) is 49.9 Å². The van der Waals surface area contributed by atoms with Gasteiger partial charge in [0.25, 0.3) is 5.91 Å². The quantitative estimate of drug-likeness (QED) is 0.607. The van der Waals surface area contributed by atoms with Gasteiger partial charge in [-0.3, -0.25) is 14.5 Å². The first-order chi connectivity index (χ1) is 12.2. The summed E-state index contributed by atoms with van der Waals surface area (Å²) in [5.74, 6) is -0.246. The zero-order chi connectivity index (χ0) is 17.6. The van der Waals surface area contributed by atoms with Gasteiger partial charge in [0.15, 0.2) is 0 Å². The van der Waals surface area contributed by atoms with Gasteiger partial charge in [-0.25, -0.2) is 0 Å². The second-order valence-corrected chi connectivity index (χ2v) is 6.73. The largest absolute Gasteiger partial charge is 0.385 e. The Kier molecular flexibility index (Phi) is 5.91. The summed E-state index contributed by atoms with van der Waals surface area (Å²) in [6.07, 6.45) is 4.70. The Morgan fingerprint density at radius 1 is 1.12 bits per heavy atom. The number of benzene rings is 1. The van der Waals surface area contributed by atoms with Crippen molar-refractivity contribution in [3.63, 3.8) is 0 Å². The van der Waals surface area contributed by atoms with E-state index in [1.54, 1.807) is 7.11 Å². The van der Waals surface area contributed by atoms with Gasteiger partial charge in [0.2, 0.25) is 5.91 Å². The van der Waals surface area contributed by atoms with E-state index in [4.69, 9.17) is 4.74 Å². The second kappa shape index (κ2) is 8.34. The number of carbonyl (C=O) groups excluding carboxylic acids is 2. The molecule has 6 nitrogen and oxygen atoms in total. The Hall–Kier alpha value is -2.08. The normalized spacial score (nSPS) is 21.1. The molecule has 1 aromatic rings. The third-order valence-electron chi connectivity index (χ3n) is 4.90. The van der Waals surface area contributed by atoms with Crippen LogP contribution in [0.1, 0.15) is 32.1 Å². The summed E-state index contributed by atoms with van der Waals surface area (Å²) < 4.78 is 4.99. The van der Waals surface area contributed by atoms with E-state index in [-0.39, 0.29) is 18.2 Å². The van der Waals surface area contributed by atoms with Crippen molar-refractivity contribution in [2.24, 2.45) is 0 Å². The molecule has 2 fully saturated rings. The first-order valence-electron chi connectivity index (χ1n) is 9.14. The molecule has 2 aliphatic rings. The summed E-state index contributed by atoms with van der Waals surface area (Å²) >= 11 is 0. The minimum atomic E-state index is -0.462. The van der Waals surface area contributed by atoms with Crippen molar-refractivity contribution in [1.29, 1.82) is 0 Å². The second-order valence-electron chi connectivity index (χ2n) is 6.73. The molecule has 0 aromatic heterocycles. The summed E-state index contributed by atoms with van der Waals surface area (Å²) in [6.45, 7) is 3.20. The molecule has 1 atom stereocenters. The van der Waals surface area contributed by atoms with Crippen LogP contribution in [0.25, 0.3) is 0 Å². The fourth-order valence-corrected chi connectivity index (χ4v) is 3.52. The van der Waals surface area contributed by atoms with E-state index in [0.717, 1.165) is 18.8 Å². The molecule has 1 aromatic carbocycles. The number of methoxy groups -OCH3 is 1. The zero-order valence-electron chi connectivity index (χ0n) is 14.9. The summed E-state index contributed by atoms with van der Waals surface area (Å²) in [7, 11) is 1.62. The Morgan fingerprint density at radius 2 is 1.84 bits per heavy atom. The van der Waals surface area contributed by atoms with E-state index >= 15 is 0 Å². The molecule has 2 amide bonds. The number of anilines is 2. The molecule has 1 N–H and O–H groups in total. The Morgan fingerprint density at radius 3 is 2.52 bits per heavy atom. The van der Waals surface area contributed by atoms with E-state index in [1.165, 1.54) is 29.8 Å². The van der Waals surface area contributed by atoms with Crippen LogP contribution in [0.3, 0.4) is 0 Å². The van der Waals surface area contributed by atoms with Gasteiger partial charge < -0.3 is 15.0 Å². The molecule has 3 rings (SSSR count). The highest BCUT2D eigenvalue weighted by Crippen LogP contribution is 2.24. The third-order valence-corrected chi connectivity index (χ3v) is 4.90. The summed E-state index contributed by atoms with van der Waals surface area (Å²) in [5.41, 5.74) is 2.10. The monoisotopic (exact) mass is 345 g/mol. The van der Waals surface area contributed by atoms with Gasteiger partial charge in [-0.2, -0.15) is 0 Å². The first kappa shape index (κ1) is 17.7. The number of rotatable bonds is 7. The van der Waals surface area contributed by atoms with Crippen LogP contribution in [0.5, 0.6) is 0 Å². The van der Waals surface area contributed by atoms with Crippen LogP contribution in [0.15, 0.2) is 24.3 Å². The summed E-state index contributed by atoms with van der Waals surface area (Å²) in [5, 5.41) is 3.21. The molecule has 2 aliphatic heterocycles. The van der Waals surface area contributed by atoms with Crippen molar-refractivity contribution in [1.82, 2.24) is 4.90 Å². The summed E-state index contributed by atoms with van der Waals surface area (Å²) in [6, 6.07) is 7.71. The van der Waals surface area contributed by atoms with E-state index < -0.39 is 6.04 Å². The fraction of sp³-hybridized carbons (Fsp3) is 0.579. The van der Waals surface area contributed by atoms with Crippen molar-refractivity contribution in [2.45, 2.75) is 38.1 Å². The minimum absolute atomic E-state index is 0.108. The van der Waals surface area contributed by atoms with Crippen molar-refractivity contribution in [3.8, 4) is 0 Å². The number of imide groups is 1. The van der Waals surface area contributed by atoms with Crippen LogP contribution in [0.2, 0.25) is 0 Å². The zero-order valence-corrected chi connectivity index (χ0v) is 14.9. The molecule has 136 valence electrons. The Bertz CT molecular complexity index is 596. The van der Waals surface area contributed by atoms with Gasteiger partial charge >= 0.3 is 0 Å². The Balaban J connectivity index is 1.56. The van der Waals surface area contributed by atoms with E-state index in [2.05, 4.69) is 22.3 Å². The molecule has 0 saturated carbocycles. The Labute approximate surface area is 149 Å². The van der Waals surface area contributed by atoms with E-state index in [1.807, 2.05) is 12.1 Å². The molecule has 0 aliphatic carbocycles. The average Bonchev–Trinajstić information content (AvgIpc) is 2.90. The molecule has 0 spiro atoms. The third kappa shape index (κ3) is 4.31. The van der Waals surface area contributed by atoms with Crippen LogP contribution in [-0.4, -0.2) is 56.1 Å². The van der Waals surface area contributed by atoms with Gasteiger partial charge in [-0.1, -0.05) is 0 Å². The number of nitrogens with zero attached hydrogens (tertiary/aromatic N) is 2. The highest BCUT2D eigenvalue weighted by Gasteiger charge is 2.38. The number of ether oxygens (including phenoxy) is 1. The molecule has 0 unspecified atom stereocenters. The lowest BCUT2D eigenvalue weighted by molar-refractivity contribution is -0.138. The molecule has 0 bridgehead atoms. The standard InChI is InChI=1S/C19H27N3O3/c1-25-13-5-12-22-18(23)14-17(19(22)24)20-15-6-8-16(9-7-15)21-10-3-2-4-11-21/h6-9,17,20H,2-5,10-14H2,1H3/t17-/m0/s1. The average molecular weight is 345 g/mol. The van der Waals surface area contributed by atoms with E-state index in [9.17, 15) is 9.59 Å². The number of amides is 2. The van der Waals surface area contributed by atoms with Crippen LogP contribution < -0.4 is 10.2 Å². The molecule has 2 heterocycles. The number of piperidine rings is 1. The molecule has 0 radical (unpaired) electrons. The highest BCUT2D eigenvalue weighted by molar-refractivity contribution is 6.06. The van der Waals surface area contributed by atoms with Crippen molar-refractivity contribution >= 4 is 23.2 Å². The van der Waals surface area contributed by atoms with E-state index in [0.29, 0.717) is 19.6 Å². The number of likely N-dealkylation sites (tertiary alicyclic amines) is 1. The van der Waals surface area contributed by atoms with Gasteiger partial charge in [0.1, 0.15) is 6.04 Å². The SMILES string of the molecule is COCCCN1C(=O)C[C@H](Nc2ccc(N3CCCCC3)cc2)C1=O. The molecule has 2 saturated heterocycles. The van der Waals surface area contributed by atoms with Gasteiger partial charge in [0.05, 0.1) is 6.42 Å². The lowest BCUT2D eigenvalue weighted by Crippen LogP contribution is -2.35. The number of hydrogen-bond donors (Lipinski definition) is 1. The summed E-state index contributed by atoms with van der Waals surface area (Å²) in [4.78, 5) is 28.2. The number of carbonyl (C=O) groups is 2. The van der Waals surface area contributed by atoms with Crippen LogP contribution in [0.4, 0.5) is 11.4 Å². The predicted molar refractivity (Wildman–Crippen MR) is 97.7 cm³/mol. The van der Waals surface area contributed by atoms with Crippen molar-refractivity contribution in [2.75, 3.05) is 43.6 Å². The maximum Gasteiger partial charge on any atom is 0.252 e. The molecular weight excluding hydrogens is 318 g/mol.